The number of benzene rings is 1. The predicted octanol–water partition coefficient (Wildman–Crippen LogP) is 2.69. The average molecular weight is 365 g/mol. The lowest BCUT2D eigenvalue weighted by molar-refractivity contribution is -0.136. The van der Waals surface area contributed by atoms with E-state index in [4.69, 9.17) is 5.11 Å². The van der Waals surface area contributed by atoms with Crippen LogP contribution < -0.4 is 0 Å². The van der Waals surface area contributed by atoms with Gasteiger partial charge in [-0.15, -0.1) is 0 Å². The van der Waals surface area contributed by atoms with E-state index in [1.54, 1.807) is 4.31 Å². The summed E-state index contributed by atoms with van der Waals surface area (Å²) >= 11 is 0. The van der Waals surface area contributed by atoms with Crippen molar-refractivity contribution in [2.75, 3.05) is 13.1 Å². The van der Waals surface area contributed by atoms with Crippen LogP contribution in [0, 0.1) is 5.41 Å². The maximum Gasteiger partial charge on any atom is 0.303 e. The molecule has 1 aromatic rings. The molecule has 2 aliphatic rings. The number of ketones is 1. The van der Waals surface area contributed by atoms with Crippen LogP contribution in [0.15, 0.2) is 29.2 Å². The second-order valence-electron chi connectivity index (χ2n) is 7.10. The Hall–Kier alpha value is -1.73. The lowest BCUT2D eigenvalue weighted by atomic mass is 9.98. The first-order chi connectivity index (χ1) is 11.8. The molecule has 0 radical (unpaired) electrons. The molecular formula is C18H23NO5S. The number of carbonyl (C=O) groups excluding carboxylic acids is 1. The predicted molar refractivity (Wildman–Crippen MR) is 91.9 cm³/mol. The minimum atomic E-state index is -3.55. The van der Waals surface area contributed by atoms with Crippen molar-refractivity contribution in [1.82, 2.24) is 4.31 Å². The van der Waals surface area contributed by atoms with Gasteiger partial charge in [-0.05, 0) is 49.7 Å². The van der Waals surface area contributed by atoms with Crippen molar-refractivity contribution in [3.63, 3.8) is 0 Å². The van der Waals surface area contributed by atoms with Gasteiger partial charge in [-0.1, -0.05) is 12.1 Å². The molecule has 1 spiro atoms. The second-order valence-corrected chi connectivity index (χ2v) is 9.04. The van der Waals surface area contributed by atoms with Crippen molar-refractivity contribution in [1.29, 1.82) is 0 Å². The Balaban J connectivity index is 1.69. The van der Waals surface area contributed by atoms with Gasteiger partial charge < -0.3 is 5.11 Å². The van der Waals surface area contributed by atoms with Crippen molar-refractivity contribution < 1.29 is 23.1 Å². The van der Waals surface area contributed by atoms with Gasteiger partial charge in [-0.3, -0.25) is 9.59 Å². The zero-order chi connectivity index (χ0) is 18.1. The molecule has 25 heavy (non-hydrogen) atoms. The van der Waals surface area contributed by atoms with E-state index in [-0.39, 0.29) is 23.5 Å². The molecule has 1 saturated heterocycles. The standard InChI is InChI=1S/C18H23NO5S/c20-16(6-7-17(21)22)14-2-4-15(5-3-14)25(23,24)19-12-1-8-18(9-10-18)11-13-19/h2-5H,1,6-13H2,(H,21,22). The Morgan fingerprint density at radius 1 is 1.00 bits per heavy atom. The highest BCUT2D eigenvalue weighted by Crippen LogP contribution is 2.53. The highest BCUT2D eigenvalue weighted by molar-refractivity contribution is 7.89. The summed E-state index contributed by atoms with van der Waals surface area (Å²) in [6.07, 6.45) is 5.05. The highest BCUT2D eigenvalue weighted by Gasteiger charge is 2.44. The Morgan fingerprint density at radius 2 is 1.68 bits per heavy atom. The third-order valence-corrected chi connectivity index (χ3v) is 7.26. The zero-order valence-corrected chi connectivity index (χ0v) is 14.9. The number of carboxylic acid groups (broad SMARTS) is 1. The Morgan fingerprint density at radius 3 is 2.28 bits per heavy atom. The molecule has 1 aromatic carbocycles. The van der Waals surface area contributed by atoms with Gasteiger partial charge in [0.1, 0.15) is 0 Å². The number of carboxylic acids is 1. The quantitative estimate of drug-likeness (QED) is 0.783. The van der Waals surface area contributed by atoms with E-state index in [0.29, 0.717) is 24.1 Å². The van der Waals surface area contributed by atoms with E-state index in [9.17, 15) is 18.0 Å². The fourth-order valence-electron chi connectivity index (χ4n) is 3.47. The fourth-order valence-corrected chi connectivity index (χ4v) is 4.95. The lowest BCUT2D eigenvalue weighted by Crippen LogP contribution is -2.32. The first kappa shape index (κ1) is 18.1. The summed E-state index contributed by atoms with van der Waals surface area (Å²) in [7, 11) is -3.55. The summed E-state index contributed by atoms with van der Waals surface area (Å²) < 4.78 is 27.2. The minimum absolute atomic E-state index is 0.0877. The van der Waals surface area contributed by atoms with Gasteiger partial charge in [0, 0.05) is 25.1 Å². The SMILES string of the molecule is O=C(O)CCC(=O)c1ccc(S(=O)(=O)N2CCCC3(CC2)CC3)cc1. The van der Waals surface area contributed by atoms with E-state index < -0.39 is 16.0 Å². The van der Waals surface area contributed by atoms with Crippen molar-refractivity contribution in [3.05, 3.63) is 29.8 Å². The molecule has 7 heteroatoms. The maximum absolute atomic E-state index is 12.8. The van der Waals surface area contributed by atoms with E-state index in [2.05, 4.69) is 0 Å². The van der Waals surface area contributed by atoms with Crippen molar-refractivity contribution in [3.8, 4) is 0 Å². The van der Waals surface area contributed by atoms with Crippen LogP contribution in [0.5, 0.6) is 0 Å². The van der Waals surface area contributed by atoms with E-state index in [1.165, 1.54) is 37.1 Å². The number of hydrogen-bond donors (Lipinski definition) is 1. The number of Topliss-reactive ketones (excluding diaryl/α,β-unsaturated/α-hetero) is 1. The summed E-state index contributed by atoms with van der Waals surface area (Å²) in [5, 5.41) is 8.63. The first-order valence-electron chi connectivity index (χ1n) is 8.68. The van der Waals surface area contributed by atoms with Gasteiger partial charge >= 0.3 is 5.97 Å². The number of aliphatic carboxylic acids is 1. The molecule has 0 atom stereocenters. The lowest BCUT2D eigenvalue weighted by Gasteiger charge is -2.20. The van der Waals surface area contributed by atoms with Crippen molar-refractivity contribution >= 4 is 21.8 Å². The van der Waals surface area contributed by atoms with E-state index >= 15 is 0 Å². The van der Waals surface area contributed by atoms with Crippen molar-refractivity contribution in [2.24, 2.45) is 5.41 Å². The third kappa shape index (κ3) is 4.10. The molecule has 1 aliphatic heterocycles. The Labute approximate surface area is 147 Å². The number of carbonyl (C=O) groups is 2. The van der Waals surface area contributed by atoms with Gasteiger partial charge in [-0.25, -0.2) is 8.42 Å². The molecule has 0 unspecified atom stereocenters. The molecule has 136 valence electrons. The van der Waals surface area contributed by atoms with E-state index in [0.717, 1.165) is 19.3 Å². The average Bonchev–Trinajstić information content (AvgIpc) is 3.39. The number of sulfonamides is 1. The zero-order valence-electron chi connectivity index (χ0n) is 14.1. The van der Waals surface area contributed by atoms with Crippen LogP contribution in [0.4, 0.5) is 0 Å². The number of nitrogens with zero attached hydrogens (tertiary/aromatic N) is 1. The molecule has 2 fully saturated rings. The summed E-state index contributed by atoms with van der Waals surface area (Å²) in [5.74, 6) is -1.32. The monoisotopic (exact) mass is 365 g/mol. The topological polar surface area (TPSA) is 91.7 Å². The Bertz CT molecular complexity index is 765. The molecule has 1 N–H and O–H groups in total. The van der Waals surface area contributed by atoms with Gasteiger partial charge in [0.05, 0.1) is 11.3 Å². The van der Waals surface area contributed by atoms with Crippen LogP contribution in [-0.2, 0) is 14.8 Å². The molecule has 3 rings (SSSR count). The third-order valence-electron chi connectivity index (χ3n) is 5.34. The highest BCUT2D eigenvalue weighted by atomic mass is 32.2. The van der Waals surface area contributed by atoms with Gasteiger partial charge in [0.25, 0.3) is 0 Å². The molecule has 1 heterocycles. The van der Waals surface area contributed by atoms with Crippen molar-refractivity contribution in [2.45, 2.75) is 49.8 Å². The van der Waals surface area contributed by atoms with Crippen LogP contribution in [0.1, 0.15) is 55.3 Å². The molecule has 1 aliphatic carbocycles. The van der Waals surface area contributed by atoms with Crippen LogP contribution in [-0.4, -0.2) is 42.7 Å². The van der Waals surface area contributed by atoms with Crippen LogP contribution in [0.2, 0.25) is 0 Å². The van der Waals surface area contributed by atoms with Gasteiger partial charge in [0.2, 0.25) is 10.0 Å². The summed E-state index contributed by atoms with van der Waals surface area (Å²) in [6.45, 7) is 1.10. The molecule has 0 bridgehead atoms. The molecule has 6 nitrogen and oxygen atoms in total. The normalized spacial score (nSPS) is 20.2. The molecule has 0 aromatic heterocycles. The summed E-state index contributed by atoms with van der Waals surface area (Å²) in [5.41, 5.74) is 0.734. The van der Waals surface area contributed by atoms with Gasteiger partial charge in [0.15, 0.2) is 5.78 Å². The number of hydrogen-bond acceptors (Lipinski definition) is 4. The van der Waals surface area contributed by atoms with Crippen LogP contribution in [0.3, 0.4) is 0 Å². The van der Waals surface area contributed by atoms with E-state index in [1.807, 2.05) is 0 Å². The van der Waals surface area contributed by atoms with Gasteiger partial charge in [-0.2, -0.15) is 4.31 Å². The molecule has 1 saturated carbocycles. The smallest absolute Gasteiger partial charge is 0.303 e. The summed E-state index contributed by atoms with van der Waals surface area (Å²) in [4.78, 5) is 22.6. The van der Waals surface area contributed by atoms with Crippen LogP contribution >= 0.6 is 0 Å². The summed E-state index contributed by atoms with van der Waals surface area (Å²) in [6, 6.07) is 5.83. The van der Waals surface area contributed by atoms with Crippen LogP contribution in [0.25, 0.3) is 0 Å². The molecular weight excluding hydrogens is 342 g/mol. The molecule has 0 amide bonds. The second kappa shape index (κ2) is 6.88. The Kier molecular flexibility index (Phi) is 4.97. The fraction of sp³-hybridized carbons (Fsp3) is 0.556. The largest absolute Gasteiger partial charge is 0.481 e. The maximum atomic E-state index is 12.8. The first-order valence-corrected chi connectivity index (χ1v) is 10.1. The minimum Gasteiger partial charge on any atom is -0.481 e. The number of rotatable bonds is 6.